The maximum atomic E-state index is 14.6. The van der Waals surface area contributed by atoms with Crippen LogP contribution in [-0.4, -0.2) is 56.7 Å². The Bertz CT molecular complexity index is 1060. The molecule has 0 spiro atoms. The molecule has 0 saturated heterocycles. The Morgan fingerprint density at radius 3 is 2.61 bits per heavy atom. The number of rotatable bonds is 9. The summed E-state index contributed by atoms with van der Waals surface area (Å²) < 4.78 is 19.7. The molecule has 0 aliphatic heterocycles. The second-order valence-electron chi connectivity index (χ2n) is 6.92. The number of halogens is 1. The van der Waals surface area contributed by atoms with Crippen LogP contribution in [0.4, 0.5) is 21.7 Å². The highest BCUT2D eigenvalue weighted by atomic mass is 19.1. The van der Waals surface area contributed by atoms with E-state index >= 15 is 0 Å². The van der Waals surface area contributed by atoms with Gasteiger partial charge in [-0.25, -0.2) is 9.37 Å². The summed E-state index contributed by atoms with van der Waals surface area (Å²) in [6.45, 7) is 3.80. The topological polar surface area (TPSA) is 159 Å². The number of methoxy groups -OCH3 is 1. The van der Waals surface area contributed by atoms with E-state index in [-0.39, 0.29) is 29.8 Å². The van der Waals surface area contributed by atoms with Crippen LogP contribution in [0.3, 0.4) is 0 Å². The van der Waals surface area contributed by atoms with E-state index < -0.39 is 17.8 Å². The fourth-order valence-corrected chi connectivity index (χ4v) is 2.82. The van der Waals surface area contributed by atoms with E-state index in [0.717, 1.165) is 6.07 Å². The van der Waals surface area contributed by atoms with Crippen LogP contribution in [0.25, 0.3) is 5.69 Å². The lowest BCUT2D eigenvalue weighted by atomic mass is 10.1. The number of nitrogens with zero attached hydrogens (tertiary/aromatic N) is 5. The summed E-state index contributed by atoms with van der Waals surface area (Å²) in [5.74, 6) is -1.62. The molecule has 0 fully saturated rings. The average Bonchev–Trinajstić information content (AvgIpc) is 3.25. The number of nitrogens with one attached hydrogen (secondary N) is 2. The first-order valence-electron chi connectivity index (χ1n) is 9.42. The molecular formula is C19H24FN9O2. The number of hydrogen-bond acceptors (Lipinski definition) is 9. The Labute approximate surface area is 178 Å². The predicted molar refractivity (Wildman–Crippen MR) is 113 cm³/mol. The lowest BCUT2D eigenvalue weighted by molar-refractivity contribution is 0.100. The van der Waals surface area contributed by atoms with E-state index in [9.17, 15) is 9.18 Å². The highest BCUT2D eigenvalue weighted by molar-refractivity contribution is 5.98. The van der Waals surface area contributed by atoms with Crippen LogP contribution < -0.4 is 22.1 Å². The van der Waals surface area contributed by atoms with Gasteiger partial charge in [0.05, 0.1) is 48.2 Å². The summed E-state index contributed by atoms with van der Waals surface area (Å²) in [5, 5.41) is 14.1. The third-order valence-electron chi connectivity index (χ3n) is 4.50. The van der Waals surface area contributed by atoms with Crippen LogP contribution in [0.2, 0.25) is 0 Å². The molecule has 0 aromatic carbocycles. The number of carbonyl (C=O) groups excluding carboxylic acids is 1. The van der Waals surface area contributed by atoms with Crippen LogP contribution in [-0.2, 0) is 4.74 Å². The molecule has 1 amide bonds. The van der Waals surface area contributed by atoms with Gasteiger partial charge in [0.2, 0.25) is 0 Å². The molecule has 0 bridgehead atoms. The summed E-state index contributed by atoms with van der Waals surface area (Å²) in [4.78, 5) is 21.8. The molecule has 2 atom stereocenters. The number of carbonyl (C=O) groups is 1. The summed E-state index contributed by atoms with van der Waals surface area (Å²) in [6.07, 6.45) is 4.62. The van der Waals surface area contributed by atoms with E-state index in [1.54, 1.807) is 38.5 Å². The van der Waals surface area contributed by atoms with E-state index in [2.05, 4.69) is 30.8 Å². The molecule has 164 valence electrons. The summed E-state index contributed by atoms with van der Waals surface area (Å²) in [6, 6.07) is 1.99. The lowest BCUT2D eigenvalue weighted by Gasteiger charge is -2.23. The molecule has 0 radical (unpaired) electrons. The van der Waals surface area contributed by atoms with Crippen LogP contribution in [0.1, 0.15) is 23.0 Å². The first kappa shape index (κ1) is 22.1. The molecule has 3 rings (SSSR count). The molecule has 6 N–H and O–H groups in total. The van der Waals surface area contributed by atoms with Crippen molar-refractivity contribution in [1.29, 1.82) is 0 Å². The minimum atomic E-state index is -0.838. The Kier molecular flexibility index (Phi) is 6.72. The Morgan fingerprint density at radius 1 is 1.29 bits per heavy atom. The molecule has 0 aliphatic rings. The lowest BCUT2D eigenvalue weighted by Crippen LogP contribution is -2.41. The van der Waals surface area contributed by atoms with Crippen molar-refractivity contribution in [3.63, 3.8) is 0 Å². The number of aromatic nitrogens is 5. The maximum Gasteiger partial charge on any atom is 0.252 e. The summed E-state index contributed by atoms with van der Waals surface area (Å²) in [7, 11) is 1.51. The van der Waals surface area contributed by atoms with Crippen molar-refractivity contribution in [2.45, 2.75) is 25.9 Å². The standard InChI is InChI=1S/C19H24FN9O2/c1-10(21)15(9-31-3)27-19-14(20)7-13(17(22)30)18(28-19)26-12-6-16(11(2)23-8-12)29-24-4-5-25-29/h4-8,10,15H,9,21H2,1-3H3,(H2,22,30)(H2,26,27,28)/t10-,15+/m0/s1. The van der Waals surface area contributed by atoms with E-state index in [4.69, 9.17) is 16.2 Å². The van der Waals surface area contributed by atoms with Gasteiger partial charge in [-0.15, -0.1) is 4.80 Å². The molecular weight excluding hydrogens is 405 g/mol. The monoisotopic (exact) mass is 429 g/mol. The Morgan fingerprint density at radius 2 is 2.00 bits per heavy atom. The van der Waals surface area contributed by atoms with Gasteiger partial charge in [0.25, 0.3) is 5.91 Å². The van der Waals surface area contributed by atoms with Gasteiger partial charge in [-0.05, 0) is 26.0 Å². The predicted octanol–water partition coefficient (Wildman–Crippen LogP) is 1.12. The van der Waals surface area contributed by atoms with E-state index in [0.29, 0.717) is 17.1 Å². The zero-order chi connectivity index (χ0) is 22.5. The quantitative estimate of drug-likeness (QED) is 0.391. The van der Waals surface area contributed by atoms with E-state index in [1.807, 2.05) is 0 Å². The normalized spacial score (nSPS) is 12.9. The molecule has 0 saturated carbocycles. The number of hydrogen-bond donors (Lipinski definition) is 4. The number of amides is 1. The third kappa shape index (κ3) is 5.10. The highest BCUT2D eigenvalue weighted by Gasteiger charge is 2.21. The van der Waals surface area contributed by atoms with Gasteiger partial charge in [-0.2, -0.15) is 10.2 Å². The molecule has 31 heavy (non-hydrogen) atoms. The molecule has 12 heteroatoms. The van der Waals surface area contributed by atoms with Gasteiger partial charge in [0, 0.05) is 13.2 Å². The van der Waals surface area contributed by atoms with Crippen LogP contribution >= 0.6 is 0 Å². The number of nitrogens with two attached hydrogens (primary N) is 2. The largest absolute Gasteiger partial charge is 0.382 e. The van der Waals surface area contributed by atoms with Crippen LogP contribution in [0.5, 0.6) is 0 Å². The SMILES string of the molecule is COC[C@@H](Nc1nc(Nc2cnc(C)c(-n3nccn3)c2)c(C(N)=O)cc1F)[C@H](C)N. The van der Waals surface area contributed by atoms with Crippen LogP contribution in [0.15, 0.2) is 30.7 Å². The van der Waals surface area contributed by atoms with Gasteiger partial charge in [0.1, 0.15) is 11.5 Å². The number of ether oxygens (including phenoxy) is 1. The molecule has 3 aromatic heterocycles. The van der Waals surface area contributed by atoms with Gasteiger partial charge in [-0.3, -0.25) is 9.78 Å². The molecule has 0 unspecified atom stereocenters. The second kappa shape index (κ2) is 9.45. The minimum Gasteiger partial charge on any atom is -0.382 e. The van der Waals surface area contributed by atoms with Crippen molar-refractivity contribution in [1.82, 2.24) is 25.0 Å². The molecule has 11 nitrogen and oxygen atoms in total. The second-order valence-corrected chi connectivity index (χ2v) is 6.92. The van der Waals surface area contributed by atoms with Gasteiger partial charge < -0.3 is 26.8 Å². The zero-order valence-corrected chi connectivity index (χ0v) is 17.3. The first-order valence-corrected chi connectivity index (χ1v) is 9.42. The Hall–Kier alpha value is -3.64. The Balaban J connectivity index is 1.98. The van der Waals surface area contributed by atoms with Gasteiger partial charge in [0.15, 0.2) is 11.6 Å². The molecule has 0 aliphatic carbocycles. The van der Waals surface area contributed by atoms with Crippen molar-refractivity contribution in [2.24, 2.45) is 11.5 Å². The van der Waals surface area contributed by atoms with E-state index in [1.165, 1.54) is 11.9 Å². The number of primary amides is 1. The highest BCUT2D eigenvalue weighted by Crippen LogP contribution is 2.25. The zero-order valence-electron chi connectivity index (χ0n) is 17.3. The number of aryl methyl sites for hydroxylation is 1. The summed E-state index contributed by atoms with van der Waals surface area (Å²) >= 11 is 0. The fourth-order valence-electron chi connectivity index (χ4n) is 2.82. The smallest absolute Gasteiger partial charge is 0.252 e. The third-order valence-corrected chi connectivity index (χ3v) is 4.50. The van der Waals surface area contributed by atoms with Crippen LogP contribution in [0, 0.1) is 12.7 Å². The number of pyridine rings is 2. The number of anilines is 3. The molecule has 3 heterocycles. The minimum absolute atomic E-state index is 0.0577. The first-order chi connectivity index (χ1) is 14.8. The maximum absolute atomic E-state index is 14.6. The van der Waals surface area contributed by atoms with Crippen molar-refractivity contribution >= 4 is 23.2 Å². The van der Waals surface area contributed by atoms with Crippen molar-refractivity contribution < 1.29 is 13.9 Å². The molecule has 3 aromatic rings. The average molecular weight is 429 g/mol. The van der Waals surface area contributed by atoms with Gasteiger partial charge in [-0.1, -0.05) is 0 Å². The van der Waals surface area contributed by atoms with Crippen molar-refractivity contribution in [2.75, 3.05) is 24.4 Å². The van der Waals surface area contributed by atoms with Crippen molar-refractivity contribution in [3.05, 3.63) is 47.8 Å². The summed E-state index contributed by atoms with van der Waals surface area (Å²) in [5.41, 5.74) is 13.0. The van der Waals surface area contributed by atoms with Crippen molar-refractivity contribution in [3.8, 4) is 5.69 Å². The fraction of sp³-hybridized carbons (Fsp3) is 0.316. The van der Waals surface area contributed by atoms with Gasteiger partial charge >= 0.3 is 0 Å².